The number of amides is 1. The Morgan fingerprint density at radius 2 is 1.81 bits per heavy atom. The van der Waals surface area contributed by atoms with Gasteiger partial charge in [-0.05, 0) is 30.7 Å². The molecule has 0 unspecified atom stereocenters. The van der Waals surface area contributed by atoms with Crippen LogP contribution in [0.5, 0.6) is 11.5 Å². The summed E-state index contributed by atoms with van der Waals surface area (Å²) in [5.41, 5.74) is 2.00. The summed E-state index contributed by atoms with van der Waals surface area (Å²) < 4.78 is 6.90. The van der Waals surface area contributed by atoms with E-state index in [4.69, 9.17) is 4.74 Å². The van der Waals surface area contributed by atoms with E-state index in [0.29, 0.717) is 17.3 Å². The molecule has 0 aliphatic rings. The van der Waals surface area contributed by atoms with Crippen LogP contribution < -0.4 is 10.1 Å². The highest BCUT2D eigenvalue weighted by molar-refractivity contribution is 5.85. The summed E-state index contributed by atoms with van der Waals surface area (Å²) in [7, 11) is 0. The highest BCUT2D eigenvalue weighted by Crippen LogP contribution is 2.28. The lowest BCUT2D eigenvalue weighted by Gasteiger charge is -2.14. The summed E-state index contributed by atoms with van der Waals surface area (Å²) in [6.07, 6.45) is -0.612. The topological polar surface area (TPSA) is 76.4 Å². The Kier molecular flexibility index (Phi) is 4.90. The van der Waals surface area contributed by atoms with Crippen LogP contribution in [0.4, 0.5) is 10.6 Å². The van der Waals surface area contributed by atoms with Crippen LogP contribution >= 0.6 is 0 Å². The molecule has 0 saturated carbocycles. The highest BCUT2D eigenvalue weighted by atomic mass is 16.6. The van der Waals surface area contributed by atoms with Crippen LogP contribution in [0, 0.1) is 6.92 Å². The summed E-state index contributed by atoms with van der Waals surface area (Å²) in [5, 5.41) is 17.4. The third-order valence-electron chi connectivity index (χ3n) is 4.10. The van der Waals surface area contributed by atoms with Crippen LogP contribution in [0.25, 0.3) is 5.69 Å². The van der Waals surface area contributed by atoms with E-state index in [1.54, 1.807) is 41.1 Å². The summed E-state index contributed by atoms with van der Waals surface area (Å²) in [5.74, 6) is 1.08. The summed E-state index contributed by atoms with van der Waals surface area (Å²) >= 11 is 0. The van der Waals surface area contributed by atoms with Crippen molar-refractivity contribution < 1.29 is 14.6 Å². The maximum atomic E-state index is 12.3. The number of nitrogens with zero attached hydrogens (tertiary/aromatic N) is 2. The Bertz CT molecular complexity index is 957. The molecule has 0 aliphatic heterocycles. The van der Waals surface area contributed by atoms with Crippen molar-refractivity contribution in [2.45, 2.75) is 33.1 Å². The number of hydrogen-bond donors (Lipinski definition) is 2. The van der Waals surface area contributed by atoms with Gasteiger partial charge in [-0.2, -0.15) is 5.10 Å². The van der Waals surface area contributed by atoms with E-state index >= 15 is 0 Å². The van der Waals surface area contributed by atoms with E-state index in [2.05, 4.69) is 10.4 Å². The average Bonchev–Trinajstić information content (AvgIpc) is 3.02. The zero-order valence-corrected chi connectivity index (χ0v) is 15.9. The fourth-order valence-electron chi connectivity index (χ4n) is 2.49. The quantitative estimate of drug-likeness (QED) is 0.699. The summed E-state index contributed by atoms with van der Waals surface area (Å²) in [4.78, 5) is 12.3. The van der Waals surface area contributed by atoms with E-state index in [9.17, 15) is 9.90 Å². The van der Waals surface area contributed by atoms with Crippen LogP contribution in [-0.4, -0.2) is 21.0 Å². The minimum atomic E-state index is -0.612. The zero-order valence-electron chi connectivity index (χ0n) is 15.9. The molecule has 1 amide bonds. The normalized spacial score (nSPS) is 11.3. The molecule has 3 rings (SSSR count). The molecule has 1 heterocycles. The largest absolute Gasteiger partial charge is 0.508 e. The van der Waals surface area contributed by atoms with Gasteiger partial charge in [0.2, 0.25) is 0 Å². The molecule has 0 aliphatic carbocycles. The molecule has 27 heavy (non-hydrogen) atoms. The lowest BCUT2D eigenvalue weighted by atomic mass is 9.92. The number of carbonyl (C=O) groups excluding carboxylic acids is 1. The highest BCUT2D eigenvalue weighted by Gasteiger charge is 2.22. The summed E-state index contributed by atoms with van der Waals surface area (Å²) in [6.45, 7) is 7.94. The van der Waals surface area contributed by atoms with Gasteiger partial charge >= 0.3 is 6.09 Å². The molecule has 6 heteroatoms. The Balaban J connectivity index is 1.94. The Hall–Kier alpha value is -3.28. The predicted octanol–water partition coefficient (Wildman–Crippen LogP) is 4.79. The third kappa shape index (κ3) is 4.28. The van der Waals surface area contributed by atoms with E-state index < -0.39 is 6.09 Å². The van der Waals surface area contributed by atoms with Gasteiger partial charge in [0, 0.05) is 17.5 Å². The number of aryl methyl sites for hydroxylation is 1. The number of ether oxygens (including phenoxy) is 1. The predicted molar refractivity (Wildman–Crippen MR) is 105 cm³/mol. The van der Waals surface area contributed by atoms with Crippen molar-refractivity contribution in [1.29, 1.82) is 0 Å². The van der Waals surface area contributed by atoms with Crippen LogP contribution in [0.3, 0.4) is 0 Å². The van der Waals surface area contributed by atoms with Crippen molar-refractivity contribution in [3.63, 3.8) is 0 Å². The first kappa shape index (κ1) is 18.5. The molecule has 0 fully saturated rings. The SMILES string of the molecule is Cc1ccc(-n2nc(C(C)(C)C)cc2NC(=O)Oc2ccccc2)cc1O. The minimum Gasteiger partial charge on any atom is -0.508 e. The van der Waals surface area contributed by atoms with Crippen molar-refractivity contribution in [2.75, 3.05) is 5.32 Å². The Morgan fingerprint density at radius 3 is 2.44 bits per heavy atom. The molecule has 3 aromatic rings. The van der Waals surface area contributed by atoms with E-state index in [-0.39, 0.29) is 11.2 Å². The molecule has 2 N–H and O–H groups in total. The standard InChI is InChI=1S/C21H23N3O3/c1-14-10-11-15(12-17(14)25)24-19(13-18(23-24)21(2,3)4)22-20(26)27-16-8-6-5-7-9-16/h5-13,25H,1-4H3,(H,22,26). The number of benzene rings is 2. The van der Waals surface area contributed by atoms with Crippen molar-refractivity contribution in [3.8, 4) is 17.2 Å². The Morgan fingerprint density at radius 1 is 1.11 bits per heavy atom. The minimum absolute atomic E-state index is 0.165. The fourth-order valence-corrected chi connectivity index (χ4v) is 2.49. The molecule has 0 radical (unpaired) electrons. The molecular formula is C21H23N3O3. The smallest absolute Gasteiger partial charge is 0.418 e. The second kappa shape index (κ2) is 7.15. The second-order valence-corrected chi connectivity index (χ2v) is 7.37. The van der Waals surface area contributed by atoms with Gasteiger partial charge in [-0.15, -0.1) is 0 Å². The third-order valence-corrected chi connectivity index (χ3v) is 4.10. The van der Waals surface area contributed by atoms with Crippen LogP contribution in [0.1, 0.15) is 32.0 Å². The first-order valence-electron chi connectivity index (χ1n) is 8.68. The number of hydrogen-bond acceptors (Lipinski definition) is 4. The molecule has 2 aromatic carbocycles. The number of phenolic OH excluding ortho intramolecular Hbond substituents is 1. The molecular weight excluding hydrogens is 342 g/mol. The molecule has 1 aromatic heterocycles. The van der Waals surface area contributed by atoms with E-state index in [0.717, 1.165) is 11.3 Å². The maximum absolute atomic E-state index is 12.3. The van der Waals surface area contributed by atoms with Gasteiger partial charge in [0.25, 0.3) is 0 Å². The number of rotatable bonds is 3. The maximum Gasteiger partial charge on any atom is 0.418 e. The summed E-state index contributed by atoms with van der Waals surface area (Å²) in [6, 6.07) is 15.9. The van der Waals surface area contributed by atoms with Gasteiger partial charge in [-0.25, -0.2) is 9.48 Å². The molecule has 0 bridgehead atoms. The molecule has 0 saturated heterocycles. The molecule has 0 atom stereocenters. The molecule has 140 valence electrons. The number of aromatic hydroxyl groups is 1. The monoisotopic (exact) mass is 365 g/mol. The van der Waals surface area contributed by atoms with Crippen molar-refractivity contribution in [3.05, 3.63) is 65.9 Å². The lowest BCUT2D eigenvalue weighted by molar-refractivity contribution is 0.215. The van der Waals surface area contributed by atoms with Gasteiger partial charge in [-0.3, -0.25) is 5.32 Å². The number of phenols is 1. The van der Waals surface area contributed by atoms with Crippen LogP contribution in [0.2, 0.25) is 0 Å². The lowest BCUT2D eigenvalue weighted by Crippen LogP contribution is -2.19. The van der Waals surface area contributed by atoms with E-state index in [1.165, 1.54) is 0 Å². The van der Waals surface area contributed by atoms with Crippen molar-refractivity contribution >= 4 is 11.9 Å². The number of para-hydroxylation sites is 1. The average molecular weight is 365 g/mol. The molecule has 0 spiro atoms. The first-order valence-corrected chi connectivity index (χ1v) is 8.68. The first-order chi connectivity index (χ1) is 12.7. The van der Waals surface area contributed by atoms with E-state index in [1.807, 2.05) is 45.9 Å². The fraction of sp³-hybridized carbons (Fsp3) is 0.238. The molecule has 6 nitrogen and oxygen atoms in total. The van der Waals surface area contributed by atoms with Gasteiger partial charge < -0.3 is 9.84 Å². The van der Waals surface area contributed by atoms with Crippen LogP contribution in [-0.2, 0) is 5.41 Å². The van der Waals surface area contributed by atoms with Crippen molar-refractivity contribution in [2.24, 2.45) is 0 Å². The van der Waals surface area contributed by atoms with Crippen LogP contribution in [0.15, 0.2) is 54.6 Å². The second-order valence-electron chi connectivity index (χ2n) is 7.37. The number of nitrogens with one attached hydrogen (secondary N) is 1. The van der Waals surface area contributed by atoms with Gasteiger partial charge in [0.15, 0.2) is 0 Å². The van der Waals surface area contributed by atoms with Crippen molar-refractivity contribution in [1.82, 2.24) is 9.78 Å². The Labute approximate surface area is 158 Å². The zero-order chi connectivity index (χ0) is 19.6. The van der Waals surface area contributed by atoms with Gasteiger partial charge in [0.05, 0.1) is 11.4 Å². The number of aromatic nitrogens is 2. The number of anilines is 1. The number of carbonyl (C=O) groups is 1. The van der Waals surface area contributed by atoms with Gasteiger partial charge in [0.1, 0.15) is 17.3 Å². The van der Waals surface area contributed by atoms with Gasteiger partial charge in [-0.1, -0.05) is 45.0 Å².